The fourth-order valence-electron chi connectivity index (χ4n) is 1.45. The molecule has 1 aromatic heterocycles. The van der Waals surface area contributed by atoms with E-state index < -0.39 is 5.91 Å². The standard InChI is InChI=1S/C12H10Br2N2O2/c13-10-5-9(18-11(10)14)6-16-8-3-1-2-7(4-8)12(15)17/h1-5,16H,6H2,(H2,15,17). The Bertz CT molecular complexity index is 562. The Kier molecular flexibility index (Phi) is 4.08. The number of nitrogens with one attached hydrogen (secondary N) is 1. The summed E-state index contributed by atoms with van der Waals surface area (Å²) in [6.07, 6.45) is 0. The summed E-state index contributed by atoms with van der Waals surface area (Å²) in [7, 11) is 0. The van der Waals surface area contributed by atoms with Gasteiger partial charge in [-0.1, -0.05) is 6.07 Å². The number of benzene rings is 1. The van der Waals surface area contributed by atoms with E-state index in [1.165, 1.54) is 0 Å². The summed E-state index contributed by atoms with van der Waals surface area (Å²) in [5.41, 5.74) is 6.50. The van der Waals surface area contributed by atoms with Gasteiger partial charge < -0.3 is 15.5 Å². The number of furan rings is 1. The van der Waals surface area contributed by atoms with Crippen LogP contribution in [0.4, 0.5) is 5.69 Å². The summed E-state index contributed by atoms with van der Waals surface area (Å²) in [6.45, 7) is 0.520. The minimum atomic E-state index is -0.442. The normalized spacial score (nSPS) is 10.3. The van der Waals surface area contributed by atoms with Crippen molar-refractivity contribution in [3.63, 3.8) is 0 Å². The fourth-order valence-corrected chi connectivity index (χ4v) is 2.11. The van der Waals surface area contributed by atoms with E-state index in [2.05, 4.69) is 37.2 Å². The van der Waals surface area contributed by atoms with Crippen molar-refractivity contribution in [2.75, 3.05) is 5.32 Å². The number of primary amides is 1. The van der Waals surface area contributed by atoms with Gasteiger partial charge in [-0.2, -0.15) is 0 Å². The van der Waals surface area contributed by atoms with E-state index in [-0.39, 0.29) is 0 Å². The topological polar surface area (TPSA) is 68.3 Å². The van der Waals surface area contributed by atoms with Crippen molar-refractivity contribution >= 4 is 43.5 Å². The Morgan fingerprint density at radius 1 is 1.33 bits per heavy atom. The van der Waals surface area contributed by atoms with Gasteiger partial charge in [0, 0.05) is 11.3 Å². The van der Waals surface area contributed by atoms with E-state index in [1.54, 1.807) is 18.2 Å². The maximum Gasteiger partial charge on any atom is 0.248 e. The lowest BCUT2D eigenvalue weighted by Gasteiger charge is -2.05. The van der Waals surface area contributed by atoms with Crippen LogP contribution in [-0.4, -0.2) is 5.91 Å². The number of amides is 1. The number of hydrogen-bond donors (Lipinski definition) is 2. The third-order valence-corrected chi connectivity index (χ3v) is 4.02. The van der Waals surface area contributed by atoms with Crippen molar-refractivity contribution in [3.8, 4) is 0 Å². The molecular formula is C12H10Br2N2O2. The molecule has 2 aromatic rings. The minimum absolute atomic E-state index is 0.442. The molecule has 0 aliphatic rings. The van der Waals surface area contributed by atoms with Crippen LogP contribution in [0.5, 0.6) is 0 Å². The number of anilines is 1. The first-order valence-electron chi connectivity index (χ1n) is 5.13. The number of nitrogens with two attached hydrogens (primary N) is 1. The van der Waals surface area contributed by atoms with Gasteiger partial charge in [0.05, 0.1) is 11.0 Å². The number of hydrogen-bond acceptors (Lipinski definition) is 3. The number of rotatable bonds is 4. The van der Waals surface area contributed by atoms with Crippen LogP contribution < -0.4 is 11.1 Å². The minimum Gasteiger partial charge on any atom is -0.451 e. The molecule has 0 spiro atoms. The van der Waals surface area contributed by atoms with Crippen LogP contribution in [0.25, 0.3) is 0 Å². The second kappa shape index (κ2) is 5.58. The molecule has 0 aliphatic heterocycles. The quantitative estimate of drug-likeness (QED) is 0.861. The third kappa shape index (κ3) is 3.14. The maximum atomic E-state index is 11.0. The molecular weight excluding hydrogens is 364 g/mol. The van der Waals surface area contributed by atoms with Crippen LogP contribution in [0.1, 0.15) is 16.1 Å². The summed E-state index contributed by atoms with van der Waals surface area (Å²) in [6, 6.07) is 8.88. The predicted octanol–water partition coefficient (Wildman–Crippen LogP) is 3.52. The first-order chi connectivity index (χ1) is 8.56. The fraction of sp³-hybridized carbons (Fsp3) is 0.0833. The molecule has 0 unspecified atom stereocenters. The average molecular weight is 374 g/mol. The van der Waals surface area contributed by atoms with Crippen molar-refractivity contribution in [3.05, 3.63) is 50.8 Å². The van der Waals surface area contributed by atoms with E-state index in [1.807, 2.05) is 12.1 Å². The van der Waals surface area contributed by atoms with E-state index >= 15 is 0 Å². The summed E-state index contributed by atoms with van der Waals surface area (Å²) in [4.78, 5) is 11.0. The molecule has 3 N–H and O–H groups in total. The molecule has 94 valence electrons. The van der Waals surface area contributed by atoms with Crippen molar-refractivity contribution in [1.82, 2.24) is 0 Å². The Morgan fingerprint density at radius 2 is 2.11 bits per heavy atom. The molecule has 0 saturated carbocycles. The summed E-state index contributed by atoms with van der Waals surface area (Å²) in [5, 5.41) is 3.15. The highest BCUT2D eigenvalue weighted by atomic mass is 79.9. The Morgan fingerprint density at radius 3 is 2.72 bits per heavy atom. The lowest BCUT2D eigenvalue weighted by atomic mass is 10.2. The van der Waals surface area contributed by atoms with Crippen molar-refractivity contribution < 1.29 is 9.21 Å². The monoisotopic (exact) mass is 372 g/mol. The second-order valence-corrected chi connectivity index (χ2v) is 5.21. The van der Waals surface area contributed by atoms with Crippen LogP contribution in [0, 0.1) is 0 Å². The summed E-state index contributed by atoms with van der Waals surface area (Å²) >= 11 is 6.61. The van der Waals surface area contributed by atoms with Gasteiger partial charge in [-0.05, 0) is 56.1 Å². The third-order valence-electron chi connectivity index (χ3n) is 2.31. The van der Waals surface area contributed by atoms with Crippen LogP contribution in [0.3, 0.4) is 0 Å². The van der Waals surface area contributed by atoms with Gasteiger partial charge in [0.2, 0.25) is 5.91 Å². The Hall–Kier alpha value is -1.27. The Labute approximate surface area is 121 Å². The van der Waals surface area contributed by atoms with E-state index in [0.29, 0.717) is 16.8 Å². The molecule has 0 saturated heterocycles. The molecule has 0 radical (unpaired) electrons. The molecule has 1 aromatic carbocycles. The molecule has 1 heterocycles. The molecule has 0 aliphatic carbocycles. The summed E-state index contributed by atoms with van der Waals surface area (Å²) < 4.78 is 6.95. The Balaban J connectivity index is 2.06. The second-order valence-electron chi connectivity index (χ2n) is 3.63. The van der Waals surface area contributed by atoms with Crippen LogP contribution in [0.2, 0.25) is 0 Å². The van der Waals surface area contributed by atoms with Crippen molar-refractivity contribution in [1.29, 1.82) is 0 Å². The van der Waals surface area contributed by atoms with E-state index in [4.69, 9.17) is 10.2 Å². The zero-order valence-corrected chi connectivity index (χ0v) is 12.4. The zero-order valence-electron chi connectivity index (χ0n) is 9.24. The highest BCUT2D eigenvalue weighted by Crippen LogP contribution is 2.27. The predicted molar refractivity (Wildman–Crippen MR) is 76.4 cm³/mol. The highest BCUT2D eigenvalue weighted by Gasteiger charge is 2.06. The SMILES string of the molecule is NC(=O)c1cccc(NCc2cc(Br)c(Br)o2)c1. The van der Waals surface area contributed by atoms with Gasteiger partial charge in [0.1, 0.15) is 5.76 Å². The molecule has 2 rings (SSSR count). The molecule has 0 bridgehead atoms. The summed E-state index contributed by atoms with van der Waals surface area (Å²) in [5.74, 6) is 0.334. The maximum absolute atomic E-state index is 11.0. The van der Waals surface area contributed by atoms with Gasteiger partial charge in [0.25, 0.3) is 0 Å². The largest absolute Gasteiger partial charge is 0.451 e. The first-order valence-corrected chi connectivity index (χ1v) is 6.72. The first kappa shape index (κ1) is 13.2. The van der Waals surface area contributed by atoms with Crippen LogP contribution >= 0.6 is 31.9 Å². The lowest BCUT2D eigenvalue weighted by molar-refractivity contribution is 0.100. The lowest BCUT2D eigenvalue weighted by Crippen LogP contribution is -2.11. The van der Waals surface area contributed by atoms with Gasteiger partial charge in [-0.3, -0.25) is 4.79 Å². The number of carbonyl (C=O) groups is 1. The van der Waals surface area contributed by atoms with Crippen molar-refractivity contribution in [2.24, 2.45) is 5.73 Å². The molecule has 18 heavy (non-hydrogen) atoms. The van der Waals surface area contributed by atoms with Gasteiger partial charge in [0.15, 0.2) is 4.67 Å². The average Bonchev–Trinajstić information content (AvgIpc) is 2.67. The van der Waals surface area contributed by atoms with Gasteiger partial charge in [-0.15, -0.1) is 0 Å². The highest BCUT2D eigenvalue weighted by molar-refractivity contribution is 9.13. The molecule has 1 amide bonds. The zero-order chi connectivity index (χ0) is 13.1. The van der Waals surface area contributed by atoms with E-state index in [0.717, 1.165) is 15.9 Å². The van der Waals surface area contributed by atoms with E-state index in [9.17, 15) is 4.79 Å². The molecule has 4 nitrogen and oxygen atoms in total. The van der Waals surface area contributed by atoms with Crippen LogP contribution in [0.15, 0.2) is 43.9 Å². The smallest absolute Gasteiger partial charge is 0.248 e. The molecule has 0 atom stereocenters. The van der Waals surface area contributed by atoms with Gasteiger partial charge >= 0.3 is 0 Å². The van der Waals surface area contributed by atoms with Gasteiger partial charge in [-0.25, -0.2) is 0 Å². The number of halogens is 2. The molecule has 0 fully saturated rings. The van der Waals surface area contributed by atoms with Crippen molar-refractivity contribution in [2.45, 2.75) is 6.54 Å². The number of carbonyl (C=O) groups excluding carboxylic acids is 1. The molecule has 6 heteroatoms. The van der Waals surface area contributed by atoms with Crippen LogP contribution in [-0.2, 0) is 6.54 Å².